The van der Waals surface area contributed by atoms with Gasteiger partial charge in [-0.3, -0.25) is 9.59 Å². The van der Waals surface area contributed by atoms with Crippen molar-refractivity contribution in [1.29, 1.82) is 0 Å². The van der Waals surface area contributed by atoms with E-state index in [2.05, 4.69) is 20.7 Å². The molecular formula is C22H23Cl2N5O3S2. The van der Waals surface area contributed by atoms with Crippen LogP contribution in [0.4, 0.5) is 4.79 Å². The van der Waals surface area contributed by atoms with Crippen molar-refractivity contribution in [2.24, 2.45) is 0 Å². The van der Waals surface area contributed by atoms with Gasteiger partial charge in [-0.1, -0.05) is 60.1 Å². The van der Waals surface area contributed by atoms with Gasteiger partial charge in [0.05, 0.1) is 28.1 Å². The van der Waals surface area contributed by atoms with Gasteiger partial charge in [-0.05, 0) is 59.6 Å². The van der Waals surface area contributed by atoms with Crippen molar-refractivity contribution < 1.29 is 14.3 Å². The predicted octanol–water partition coefficient (Wildman–Crippen LogP) is 5.17. The smallest absolute Gasteiger partial charge is 0.279 e. The summed E-state index contributed by atoms with van der Waals surface area (Å²) in [7, 11) is 1.62. The Labute approximate surface area is 216 Å². The van der Waals surface area contributed by atoms with E-state index in [0.29, 0.717) is 32.3 Å². The Morgan fingerprint density at radius 2 is 1.85 bits per heavy atom. The first-order chi connectivity index (χ1) is 16.4. The number of ketones is 1. The molecule has 0 aliphatic rings. The average Bonchev–Trinajstić information content (AvgIpc) is 3.27. The predicted molar refractivity (Wildman–Crippen MR) is 135 cm³/mol. The fourth-order valence-corrected chi connectivity index (χ4v) is 5.01. The molecule has 0 radical (unpaired) electrons. The van der Waals surface area contributed by atoms with E-state index in [1.807, 2.05) is 31.2 Å². The fraction of sp³-hybridized carbons (Fsp3) is 0.318. The van der Waals surface area contributed by atoms with Gasteiger partial charge in [0.25, 0.3) is 5.24 Å². The number of tetrazole rings is 1. The van der Waals surface area contributed by atoms with Gasteiger partial charge in [0.1, 0.15) is 12.3 Å². The largest absolute Gasteiger partial charge is 0.497 e. The second-order valence-electron chi connectivity index (χ2n) is 7.06. The number of benzene rings is 2. The molecule has 1 N–H and O–H groups in total. The van der Waals surface area contributed by atoms with Crippen LogP contribution in [-0.4, -0.2) is 50.1 Å². The molecule has 1 amide bonds. The van der Waals surface area contributed by atoms with Crippen molar-refractivity contribution in [3.8, 4) is 5.75 Å². The summed E-state index contributed by atoms with van der Waals surface area (Å²) in [6.07, 6.45) is 1.18. The van der Waals surface area contributed by atoms with Crippen LogP contribution in [0, 0.1) is 0 Å². The van der Waals surface area contributed by atoms with Crippen LogP contribution in [-0.2, 0) is 17.8 Å². The molecule has 0 saturated carbocycles. The Morgan fingerprint density at radius 1 is 1.15 bits per heavy atom. The van der Waals surface area contributed by atoms with Gasteiger partial charge in [-0.15, -0.1) is 10.2 Å². The van der Waals surface area contributed by atoms with E-state index in [0.717, 1.165) is 41.3 Å². The maximum Gasteiger partial charge on any atom is 0.279 e. The number of carbonyl (C=O) groups is 2. The van der Waals surface area contributed by atoms with Crippen molar-refractivity contribution in [3.05, 3.63) is 58.1 Å². The lowest BCUT2D eigenvalue weighted by atomic mass is 10.1. The number of Topliss-reactive ketones (excluding diaryl/α,β-unsaturated/α-hetero) is 1. The number of aromatic nitrogens is 4. The molecule has 0 aliphatic heterocycles. The number of hydrogen-bond acceptors (Lipinski definition) is 8. The zero-order valence-electron chi connectivity index (χ0n) is 18.5. The van der Waals surface area contributed by atoms with Gasteiger partial charge in [-0.2, -0.15) is 4.80 Å². The number of nitrogens with zero attached hydrogens (tertiary/aromatic N) is 4. The molecule has 1 aromatic heterocycles. The number of halogens is 2. The van der Waals surface area contributed by atoms with Crippen LogP contribution in [0.5, 0.6) is 5.75 Å². The van der Waals surface area contributed by atoms with Crippen LogP contribution in [0.2, 0.25) is 10.0 Å². The molecule has 2 aromatic carbocycles. The third kappa shape index (κ3) is 7.63. The highest BCUT2D eigenvalue weighted by atomic mass is 35.5. The molecule has 3 aromatic rings. The number of amides is 1. The molecule has 0 spiro atoms. The van der Waals surface area contributed by atoms with Crippen molar-refractivity contribution >= 4 is 57.7 Å². The monoisotopic (exact) mass is 539 g/mol. The number of hydrogen-bond donors (Lipinski definition) is 1. The van der Waals surface area contributed by atoms with Crippen molar-refractivity contribution in [2.75, 3.05) is 12.9 Å². The summed E-state index contributed by atoms with van der Waals surface area (Å²) in [6, 6.07) is 12.2. The first kappa shape index (κ1) is 26.3. The molecular weight excluding hydrogens is 517 g/mol. The van der Waals surface area contributed by atoms with Crippen LogP contribution in [0.3, 0.4) is 0 Å². The average molecular weight is 540 g/mol. The van der Waals surface area contributed by atoms with E-state index in [9.17, 15) is 9.59 Å². The zero-order valence-corrected chi connectivity index (χ0v) is 21.7. The SMILES string of the molecule is CCC(NC(=O)SCCc1ccc(OC)cc1)C(=O)Cn1nnc(Sc2c(Cl)cccc2Cl)n1. The summed E-state index contributed by atoms with van der Waals surface area (Å²) in [6.45, 7) is 1.72. The Balaban J connectivity index is 1.48. The van der Waals surface area contributed by atoms with E-state index >= 15 is 0 Å². The van der Waals surface area contributed by atoms with Crippen LogP contribution in [0.15, 0.2) is 52.5 Å². The van der Waals surface area contributed by atoms with Crippen LogP contribution in [0.25, 0.3) is 0 Å². The minimum atomic E-state index is -0.638. The lowest BCUT2D eigenvalue weighted by Crippen LogP contribution is -2.40. The third-order valence-electron chi connectivity index (χ3n) is 4.72. The van der Waals surface area contributed by atoms with Crippen molar-refractivity contribution in [1.82, 2.24) is 25.5 Å². The van der Waals surface area contributed by atoms with Gasteiger partial charge in [0.2, 0.25) is 5.16 Å². The maximum absolute atomic E-state index is 12.7. The molecule has 0 aliphatic carbocycles. The summed E-state index contributed by atoms with van der Waals surface area (Å²) in [5.41, 5.74) is 1.10. The van der Waals surface area contributed by atoms with Crippen LogP contribution >= 0.6 is 46.7 Å². The standard InChI is InChI=1S/C22H23Cl2N5O3S2/c1-3-18(25-22(31)33-12-11-14-7-9-15(32-2)10-8-14)19(30)13-29-27-21(26-28-29)34-20-16(23)5-4-6-17(20)24/h4-10,18H,3,11-13H2,1-2H3,(H,25,31). The third-order valence-corrected chi connectivity index (χ3v) is 7.35. The number of ether oxygens (including phenoxy) is 1. The molecule has 0 saturated heterocycles. The quantitative estimate of drug-likeness (QED) is 0.356. The highest BCUT2D eigenvalue weighted by Crippen LogP contribution is 2.36. The molecule has 3 rings (SSSR count). The van der Waals surface area contributed by atoms with Crippen LogP contribution in [0.1, 0.15) is 18.9 Å². The van der Waals surface area contributed by atoms with E-state index in [4.69, 9.17) is 27.9 Å². The highest BCUT2D eigenvalue weighted by molar-refractivity contribution is 8.13. The van der Waals surface area contributed by atoms with Gasteiger partial charge in [0, 0.05) is 5.75 Å². The molecule has 34 heavy (non-hydrogen) atoms. The maximum atomic E-state index is 12.7. The highest BCUT2D eigenvalue weighted by Gasteiger charge is 2.21. The molecule has 0 fully saturated rings. The van der Waals surface area contributed by atoms with Gasteiger partial charge in [-0.25, -0.2) is 0 Å². The van der Waals surface area contributed by atoms with E-state index in [1.54, 1.807) is 25.3 Å². The molecule has 8 nitrogen and oxygen atoms in total. The molecule has 0 bridgehead atoms. The molecule has 1 unspecified atom stereocenters. The number of thioether (sulfide) groups is 1. The Bertz CT molecular complexity index is 1110. The summed E-state index contributed by atoms with van der Waals surface area (Å²) in [5.74, 6) is 1.17. The normalized spacial score (nSPS) is 11.8. The van der Waals surface area contributed by atoms with Gasteiger partial charge in [0.15, 0.2) is 5.78 Å². The number of nitrogens with one attached hydrogen (secondary N) is 1. The minimum absolute atomic E-state index is 0.112. The summed E-state index contributed by atoms with van der Waals surface area (Å²) >= 11 is 14.7. The zero-order chi connectivity index (χ0) is 24.5. The van der Waals surface area contributed by atoms with Crippen molar-refractivity contribution in [2.45, 2.75) is 42.4 Å². The lowest BCUT2D eigenvalue weighted by molar-refractivity contribution is -0.121. The van der Waals surface area contributed by atoms with Gasteiger partial charge < -0.3 is 10.1 Å². The Morgan fingerprint density at radius 3 is 2.50 bits per heavy atom. The van der Waals surface area contributed by atoms with Crippen LogP contribution < -0.4 is 10.1 Å². The van der Waals surface area contributed by atoms with E-state index in [1.165, 1.54) is 4.80 Å². The molecule has 1 atom stereocenters. The second kappa shape index (κ2) is 13.0. The number of aryl methyl sites for hydroxylation is 1. The fourth-order valence-electron chi connectivity index (χ4n) is 2.91. The number of carbonyl (C=O) groups excluding carboxylic acids is 2. The first-order valence-electron chi connectivity index (χ1n) is 10.4. The summed E-state index contributed by atoms with van der Waals surface area (Å²) in [4.78, 5) is 26.8. The minimum Gasteiger partial charge on any atom is -0.497 e. The molecule has 1 heterocycles. The van der Waals surface area contributed by atoms with Gasteiger partial charge >= 0.3 is 0 Å². The molecule has 12 heteroatoms. The summed E-state index contributed by atoms with van der Waals surface area (Å²) < 4.78 is 5.14. The van der Waals surface area contributed by atoms with E-state index < -0.39 is 6.04 Å². The lowest BCUT2D eigenvalue weighted by Gasteiger charge is -2.15. The van der Waals surface area contributed by atoms with Crippen molar-refractivity contribution in [3.63, 3.8) is 0 Å². The number of rotatable bonds is 11. The Kier molecular flexibility index (Phi) is 10.1. The second-order valence-corrected chi connectivity index (χ2v) is 9.92. The topological polar surface area (TPSA) is 99.0 Å². The first-order valence-corrected chi connectivity index (χ1v) is 12.9. The number of methoxy groups -OCH3 is 1. The summed E-state index contributed by atoms with van der Waals surface area (Å²) in [5, 5.41) is 15.9. The van der Waals surface area contributed by atoms with E-state index in [-0.39, 0.29) is 17.6 Å². The Hall–Kier alpha value is -2.27. The molecule has 180 valence electrons.